The van der Waals surface area contributed by atoms with Gasteiger partial charge in [0.2, 0.25) is 5.91 Å². The molecule has 9 heteroatoms. The maximum absolute atomic E-state index is 14.6. The Bertz CT molecular complexity index is 1020. The van der Waals surface area contributed by atoms with Gasteiger partial charge in [-0.15, -0.1) is 0 Å². The number of fused-ring (bicyclic) bond motifs is 2. The second-order valence-corrected chi connectivity index (χ2v) is 8.44. The van der Waals surface area contributed by atoms with Crippen LogP contribution in [0, 0.1) is 17.2 Å². The fraction of sp³-hybridized carbons (Fsp3) is 0.478. The number of carbonyl (C=O) groups is 1. The summed E-state index contributed by atoms with van der Waals surface area (Å²) < 4.78 is 34.3. The molecule has 2 bridgehead atoms. The van der Waals surface area contributed by atoms with E-state index in [0.29, 0.717) is 30.3 Å². The number of anilines is 1. The molecule has 2 aromatic rings. The molecule has 4 rings (SSSR count). The topological polar surface area (TPSA) is 82.4 Å². The molecular formula is C23H25F2N5O2. The Morgan fingerprint density at radius 1 is 1.31 bits per heavy atom. The Morgan fingerprint density at radius 3 is 2.78 bits per heavy atom. The van der Waals surface area contributed by atoms with Crippen LogP contribution in [0.2, 0.25) is 0 Å². The largest absolute Gasteiger partial charge is 0.497 e. The minimum Gasteiger partial charge on any atom is -0.497 e. The molecule has 4 heterocycles. The van der Waals surface area contributed by atoms with Gasteiger partial charge in [0.15, 0.2) is 0 Å². The average Bonchev–Trinajstić information content (AvgIpc) is 3.01. The predicted octanol–water partition coefficient (Wildman–Crippen LogP) is 3.35. The monoisotopic (exact) mass is 441 g/mol. The molecular weight excluding hydrogens is 416 g/mol. The summed E-state index contributed by atoms with van der Waals surface area (Å²) in [5.74, 6) is -2.06. The first-order chi connectivity index (χ1) is 15.3. The predicted molar refractivity (Wildman–Crippen MR) is 113 cm³/mol. The molecule has 32 heavy (non-hydrogen) atoms. The lowest BCUT2D eigenvalue weighted by Gasteiger charge is -2.42. The number of nitriles is 1. The zero-order valence-corrected chi connectivity index (χ0v) is 18.0. The Hall–Kier alpha value is -3.28. The molecule has 168 valence electrons. The van der Waals surface area contributed by atoms with E-state index in [0.717, 1.165) is 12.2 Å². The highest BCUT2D eigenvalue weighted by Crippen LogP contribution is 2.38. The summed E-state index contributed by atoms with van der Waals surface area (Å²) in [6.07, 6.45) is 2.87. The van der Waals surface area contributed by atoms with Crippen LogP contribution in [0.25, 0.3) is 0 Å². The molecule has 0 N–H and O–H groups in total. The highest BCUT2D eigenvalue weighted by molar-refractivity contribution is 5.77. The molecule has 0 radical (unpaired) electrons. The van der Waals surface area contributed by atoms with Crippen molar-refractivity contribution in [3.8, 4) is 11.8 Å². The van der Waals surface area contributed by atoms with E-state index in [9.17, 15) is 13.6 Å². The molecule has 3 atom stereocenters. The van der Waals surface area contributed by atoms with E-state index in [1.165, 1.54) is 25.4 Å². The third-order valence-corrected chi connectivity index (χ3v) is 6.38. The number of amides is 1. The number of nitrogens with zero attached hydrogens (tertiary/aromatic N) is 5. The fourth-order valence-corrected chi connectivity index (χ4v) is 4.68. The quantitative estimate of drug-likeness (QED) is 0.684. The summed E-state index contributed by atoms with van der Waals surface area (Å²) in [4.78, 5) is 24.9. The van der Waals surface area contributed by atoms with Crippen molar-refractivity contribution in [2.45, 2.75) is 44.2 Å². The van der Waals surface area contributed by atoms with E-state index >= 15 is 0 Å². The molecule has 0 spiro atoms. The first-order valence-corrected chi connectivity index (χ1v) is 10.6. The van der Waals surface area contributed by atoms with Crippen molar-refractivity contribution in [2.75, 3.05) is 25.1 Å². The van der Waals surface area contributed by atoms with Crippen molar-refractivity contribution in [1.29, 1.82) is 5.26 Å². The van der Waals surface area contributed by atoms with Crippen LogP contribution in [-0.4, -0.2) is 53.1 Å². The lowest BCUT2D eigenvalue weighted by Crippen LogP contribution is -2.56. The summed E-state index contributed by atoms with van der Waals surface area (Å²) in [5, 5.41) is 8.99. The van der Waals surface area contributed by atoms with Gasteiger partial charge >= 0.3 is 0 Å². The minimum atomic E-state index is -3.22. The molecule has 2 aliphatic heterocycles. The van der Waals surface area contributed by atoms with E-state index in [-0.39, 0.29) is 24.4 Å². The van der Waals surface area contributed by atoms with Crippen molar-refractivity contribution < 1.29 is 18.3 Å². The summed E-state index contributed by atoms with van der Waals surface area (Å²) in [6.45, 7) is 3.09. The number of hydrogen-bond acceptors (Lipinski definition) is 6. The van der Waals surface area contributed by atoms with Gasteiger partial charge in [0, 0.05) is 50.4 Å². The molecule has 2 fully saturated rings. The molecule has 0 saturated carbocycles. The molecule has 1 amide bonds. The normalized spacial score (nSPS) is 22.5. The zero-order chi connectivity index (χ0) is 22.9. The molecule has 2 aliphatic rings. The number of rotatable bonds is 6. The van der Waals surface area contributed by atoms with Crippen molar-refractivity contribution in [2.24, 2.45) is 5.92 Å². The van der Waals surface area contributed by atoms with Crippen molar-refractivity contribution in [3.05, 3.63) is 47.9 Å². The number of alkyl halides is 2. The molecule has 2 unspecified atom stereocenters. The van der Waals surface area contributed by atoms with Crippen LogP contribution in [0.5, 0.6) is 5.75 Å². The summed E-state index contributed by atoms with van der Waals surface area (Å²) in [7, 11) is 1.41. The number of piperazine rings is 1. The SMILES string of the molecule is COc1ccnc(C(F)(F)CCC(=O)N2CC3C[C@@H](C)C(C2)N3c2ccc(C#N)cn2)c1. The van der Waals surface area contributed by atoms with Crippen molar-refractivity contribution >= 4 is 11.7 Å². The summed E-state index contributed by atoms with van der Waals surface area (Å²) in [5.41, 5.74) is 0.101. The van der Waals surface area contributed by atoms with E-state index in [2.05, 4.69) is 27.9 Å². The number of hydrogen-bond donors (Lipinski definition) is 0. The van der Waals surface area contributed by atoms with Gasteiger partial charge in [0.25, 0.3) is 5.92 Å². The molecule has 7 nitrogen and oxygen atoms in total. The van der Waals surface area contributed by atoms with E-state index in [4.69, 9.17) is 10.00 Å². The standard InChI is InChI=1S/C23H25F2N5O2/c1-15-9-17-13-29(14-19(15)30(17)21-4-3-16(11-26)12-28-21)22(31)5-7-23(24,25)20-10-18(32-2)6-8-27-20/h3-4,6,8,10,12,15,17,19H,5,7,9,13-14H2,1-2H3/t15-,17?,19?/m1/s1. The lowest BCUT2D eigenvalue weighted by atomic mass is 10.0. The highest BCUT2D eigenvalue weighted by atomic mass is 19.3. The summed E-state index contributed by atoms with van der Waals surface area (Å²) in [6, 6.07) is 8.48. The number of carbonyl (C=O) groups excluding carboxylic acids is 1. The van der Waals surface area contributed by atoms with Crippen LogP contribution in [0.4, 0.5) is 14.6 Å². The van der Waals surface area contributed by atoms with E-state index in [1.54, 1.807) is 17.2 Å². The van der Waals surface area contributed by atoms with Gasteiger partial charge in [-0.25, -0.2) is 4.98 Å². The van der Waals surface area contributed by atoms with E-state index in [1.807, 2.05) is 6.07 Å². The van der Waals surface area contributed by atoms with Gasteiger partial charge < -0.3 is 14.5 Å². The molecule has 2 saturated heterocycles. The second kappa shape index (κ2) is 8.69. The van der Waals surface area contributed by atoms with Gasteiger partial charge in [-0.1, -0.05) is 6.92 Å². The Kier molecular flexibility index (Phi) is 5.96. The number of ether oxygens (including phenoxy) is 1. The average molecular weight is 441 g/mol. The molecule has 0 aliphatic carbocycles. The number of halogens is 2. The third-order valence-electron chi connectivity index (χ3n) is 6.38. The van der Waals surface area contributed by atoms with Gasteiger partial charge in [0.1, 0.15) is 23.3 Å². The van der Waals surface area contributed by atoms with Crippen LogP contribution >= 0.6 is 0 Å². The smallest absolute Gasteiger partial charge is 0.290 e. The van der Waals surface area contributed by atoms with Crippen molar-refractivity contribution in [3.63, 3.8) is 0 Å². The highest BCUT2D eigenvalue weighted by Gasteiger charge is 2.46. The van der Waals surface area contributed by atoms with Gasteiger partial charge in [-0.05, 0) is 30.5 Å². The fourth-order valence-electron chi connectivity index (χ4n) is 4.68. The maximum Gasteiger partial charge on any atom is 0.290 e. The van der Waals surface area contributed by atoms with Crippen LogP contribution in [0.3, 0.4) is 0 Å². The van der Waals surface area contributed by atoms with Crippen LogP contribution in [0.15, 0.2) is 36.7 Å². The first-order valence-electron chi connectivity index (χ1n) is 10.6. The Labute approximate surface area is 185 Å². The van der Waals surface area contributed by atoms with Gasteiger partial charge in [-0.3, -0.25) is 9.78 Å². The molecule has 0 aromatic carbocycles. The summed E-state index contributed by atoms with van der Waals surface area (Å²) >= 11 is 0. The lowest BCUT2D eigenvalue weighted by molar-refractivity contribution is -0.134. The van der Waals surface area contributed by atoms with E-state index < -0.39 is 18.0 Å². The zero-order valence-electron chi connectivity index (χ0n) is 18.0. The Morgan fingerprint density at radius 2 is 2.12 bits per heavy atom. The first kappa shape index (κ1) is 21.9. The van der Waals surface area contributed by atoms with Gasteiger partial charge in [0.05, 0.1) is 18.7 Å². The number of aromatic nitrogens is 2. The number of methoxy groups -OCH3 is 1. The molecule has 2 aromatic heterocycles. The minimum absolute atomic E-state index is 0.0682. The van der Waals surface area contributed by atoms with Crippen molar-refractivity contribution in [1.82, 2.24) is 14.9 Å². The number of likely N-dealkylation sites (tertiary alicyclic amines) is 1. The van der Waals surface area contributed by atoms with Gasteiger partial charge in [-0.2, -0.15) is 14.0 Å². The van der Waals surface area contributed by atoms with Crippen LogP contribution in [0.1, 0.15) is 37.4 Å². The number of pyridine rings is 2. The second-order valence-electron chi connectivity index (χ2n) is 8.44. The maximum atomic E-state index is 14.6. The van der Waals surface area contributed by atoms with Crippen LogP contribution < -0.4 is 9.64 Å². The van der Waals surface area contributed by atoms with Crippen LogP contribution in [-0.2, 0) is 10.7 Å². The third kappa shape index (κ3) is 4.22. The Balaban J connectivity index is 1.41.